The molecule has 2 heterocycles. The molecule has 0 aliphatic heterocycles. The molecule has 0 unspecified atom stereocenters. The SMILES string of the molecule is Cc1cnc(-c2nc(COc3ccccc3)no2)cn1. The monoisotopic (exact) mass is 268 g/mol. The number of para-hydroxylation sites is 1. The fraction of sp³-hybridized carbons (Fsp3) is 0.143. The molecule has 3 aromatic rings. The maximum absolute atomic E-state index is 5.54. The van der Waals surface area contributed by atoms with E-state index in [1.807, 2.05) is 37.3 Å². The van der Waals surface area contributed by atoms with Crippen LogP contribution in [0.4, 0.5) is 0 Å². The van der Waals surface area contributed by atoms with Crippen molar-refractivity contribution in [2.45, 2.75) is 13.5 Å². The van der Waals surface area contributed by atoms with Gasteiger partial charge in [-0.15, -0.1) is 0 Å². The summed E-state index contributed by atoms with van der Waals surface area (Å²) in [5.41, 5.74) is 1.38. The molecule has 0 spiro atoms. The Kier molecular flexibility index (Phi) is 3.36. The minimum absolute atomic E-state index is 0.243. The van der Waals surface area contributed by atoms with Gasteiger partial charge in [0.25, 0.3) is 5.89 Å². The predicted molar refractivity (Wildman–Crippen MR) is 70.8 cm³/mol. The summed E-state index contributed by atoms with van der Waals surface area (Å²) in [6.07, 6.45) is 3.25. The molecule has 0 fully saturated rings. The molecule has 0 aliphatic rings. The molecule has 100 valence electrons. The maximum Gasteiger partial charge on any atom is 0.278 e. The first-order valence-corrected chi connectivity index (χ1v) is 6.11. The van der Waals surface area contributed by atoms with Gasteiger partial charge in [-0.3, -0.25) is 4.98 Å². The minimum Gasteiger partial charge on any atom is -0.485 e. The Balaban J connectivity index is 1.69. The first kappa shape index (κ1) is 12.3. The summed E-state index contributed by atoms with van der Waals surface area (Å²) in [5.74, 6) is 1.56. The first-order valence-electron chi connectivity index (χ1n) is 6.11. The van der Waals surface area contributed by atoms with Crippen molar-refractivity contribution < 1.29 is 9.26 Å². The summed E-state index contributed by atoms with van der Waals surface area (Å²) in [7, 11) is 0. The molecule has 0 saturated heterocycles. The zero-order chi connectivity index (χ0) is 13.8. The maximum atomic E-state index is 5.54. The lowest BCUT2D eigenvalue weighted by atomic mass is 10.3. The Hall–Kier alpha value is -2.76. The summed E-state index contributed by atoms with van der Waals surface area (Å²) in [5, 5.41) is 3.85. The fourth-order valence-electron chi connectivity index (χ4n) is 1.58. The van der Waals surface area contributed by atoms with Crippen LogP contribution in [-0.4, -0.2) is 20.1 Å². The first-order chi connectivity index (χ1) is 9.81. The van der Waals surface area contributed by atoms with E-state index in [1.54, 1.807) is 12.4 Å². The Morgan fingerprint density at radius 2 is 1.95 bits per heavy atom. The van der Waals surface area contributed by atoms with Crippen LogP contribution in [0.25, 0.3) is 11.6 Å². The summed E-state index contributed by atoms with van der Waals surface area (Å²) in [6, 6.07) is 9.46. The van der Waals surface area contributed by atoms with E-state index >= 15 is 0 Å². The van der Waals surface area contributed by atoms with E-state index in [0.717, 1.165) is 11.4 Å². The lowest BCUT2D eigenvalue weighted by molar-refractivity contribution is 0.287. The van der Waals surface area contributed by atoms with Gasteiger partial charge in [0, 0.05) is 6.20 Å². The molecule has 20 heavy (non-hydrogen) atoms. The highest BCUT2D eigenvalue weighted by atomic mass is 16.5. The normalized spacial score (nSPS) is 10.4. The van der Waals surface area contributed by atoms with Gasteiger partial charge >= 0.3 is 0 Å². The van der Waals surface area contributed by atoms with Crippen LogP contribution >= 0.6 is 0 Å². The Morgan fingerprint density at radius 1 is 1.10 bits per heavy atom. The van der Waals surface area contributed by atoms with Gasteiger partial charge in [0.15, 0.2) is 6.61 Å². The van der Waals surface area contributed by atoms with E-state index in [2.05, 4.69) is 20.1 Å². The number of nitrogens with zero attached hydrogens (tertiary/aromatic N) is 4. The summed E-state index contributed by atoms with van der Waals surface area (Å²) >= 11 is 0. The standard InChI is InChI=1S/C14H12N4O2/c1-10-7-16-12(8-15-10)14-17-13(18-20-14)9-19-11-5-3-2-4-6-11/h2-8H,9H2,1H3. The molecule has 0 N–H and O–H groups in total. The number of aromatic nitrogens is 4. The molecule has 0 amide bonds. The smallest absolute Gasteiger partial charge is 0.278 e. The van der Waals surface area contributed by atoms with E-state index in [0.29, 0.717) is 17.4 Å². The van der Waals surface area contributed by atoms with Crippen LogP contribution in [-0.2, 0) is 6.61 Å². The highest BCUT2D eigenvalue weighted by Gasteiger charge is 2.10. The zero-order valence-electron chi connectivity index (χ0n) is 10.9. The van der Waals surface area contributed by atoms with E-state index in [1.165, 1.54) is 0 Å². The molecule has 0 atom stereocenters. The lowest BCUT2D eigenvalue weighted by Crippen LogP contribution is -1.97. The molecule has 0 saturated carbocycles. The second-order valence-corrected chi connectivity index (χ2v) is 4.16. The number of hydrogen-bond donors (Lipinski definition) is 0. The number of benzene rings is 1. The topological polar surface area (TPSA) is 73.9 Å². The highest BCUT2D eigenvalue weighted by molar-refractivity contribution is 5.43. The Bertz CT molecular complexity index is 680. The third kappa shape index (κ3) is 2.80. The van der Waals surface area contributed by atoms with Crippen molar-refractivity contribution in [2.75, 3.05) is 0 Å². The molecule has 3 rings (SSSR count). The van der Waals surface area contributed by atoms with Crippen LogP contribution in [0.3, 0.4) is 0 Å². The molecular weight excluding hydrogens is 256 g/mol. The molecular formula is C14H12N4O2. The van der Waals surface area contributed by atoms with Crippen molar-refractivity contribution in [3.8, 4) is 17.3 Å². The van der Waals surface area contributed by atoms with E-state index in [4.69, 9.17) is 9.26 Å². The van der Waals surface area contributed by atoms with Crippen LogP contribution < -0.4 is 4.74 Å². The van der Waals surface area contributed by atoms with Gasteiger partial charge in [-0.05, 0) is 19.1 Å². The second kappa shape index (κ2) is 5.48. The summed E-state index contributed by atoms with van der Waals surface area (Å²) < 4.78 is 10.7. The Morgan fingerprint density at radius 3 is 2.70 bits per heavy atom. The number of ether oxygens (including phenoxy) is 1. The third-order valence-corrected chi connectivity index (χ3v) is 2.58. The quantitative estimate of drug-likeness (QED) is 0.723. The van der Waals surface area contributed by atoms with Crippen LogP contribution in [0, 0.1) is 6.92 Å². The van der Waals surface area contributed by atoms with Crippen LogP contribution in [0.5, 0.6) is 5.75 Å². The van der Waals surface area contributed by atoms with Crippen LogP contribution in [0.15, 0.2) is 47.2 Å². The van der Waals surface area contributed by atoms with Gasteiger partial charge in [0.05, 0.1) is 11.9 Å². The van der Waals surface area contributed by atoms with Gasteiger partial charge < -0.3 is 9.26 Å². The van der Waals surface area contributed by atoms with Gasteiger partial charge in [-0.1, -0.05) is 23.4 Å². The molecule has 6 nitrogen and oxygen atoms in total. The van der Waals surface area contributed by atoms with Crippen molar-refractivity contribution in [2.24, 2.45) is 0 Å². The van der Waals surface area contributed by atoms with Gasteiger partial charge in [0.2, 0.25) is 5.82 Å². The van der Waals surface area contributed by atoms with Crippen LogP contribution in [0.2, 0.25) is 0 Å². The van der Waals surface area contributed by atoms with Crippen molar-refractivity contribution >= 4 is 0 Å². The molecule has 0 bridgehead atoms. The zero-order valence-corrected chi connectivity index (χ0v) is 10.9. The van der Waals surface area contributed by atoms with Gasteiger partial charge in [0.1, 0.15) is 11.4 Å². The molecule has 2 aromatic heterocycles. The van der Waals surface area contributed by atoms with E-state index < -0.39 is 0 Å². The number of rotatable bonds is 4. The molecule has 1 aromatic carbocycles. The van der Waals surface area contributed by atoms with Crippen molar-refractivity contribution in [3.05, 3.63) is 54.2 Å². The lowest BCUT2D eigenvalue weighted by Gasteiger charge is -2.01. The average molecular weight is 268 g/mol. The second-order valence-electron chi connectivity index (χ2n) is 4.16. The largest absolute Gasteiger partial charge is 0.485 e. The van der Waals surface area contributed by atoms with Crippen molar-refractivity contribution in [3.63, 3.8) is 0 Å². The average Bonchev–Trinajstić information content (AvgIpc) is 2.96. The predicted octanol–water partition coefficient (Wildman–Crippen LogP) is 2.41. The van der Waals surface area contributed by atoms with Gasteiger partial charge in [-0.25, -0.2) is 4.98 Å². The number of aryl methyl sites for hydroxylation is 1. The Labute approximate surface area is 115 Å². The summed E-state index contributed by atoms with van der Waals surface area (Å²) in [4.78, 5) is 12.5. The summed E-state index contributed by atoms with van der Waals surface area (Å²) in [6.45, 7) is 2.11. The fourth-order valence-corrected chi connectivity index (χ4v) is 1.58. The highest BCUT2D eigenvalue weighted by Crippen LogP contribution is 2.15. The molecule has 6 heteroatoms. The number of hydrogen-bond acceptors (Lipinski definition) is 6. The van der Waals surface area contributed by atoms with Crippen molar-refractivity contribution in [1.29, 1.82) is 0 Å². The van der Waals surface area contributed by atoms with Gasteiger partial charge in [-0.2, -0.15) is 4.98 Å². The molecule has 0 aliphatic carbocycles. The van der Waals surface area contributed by atoms with E-state index in [9.17, 15) is 0 Å². The van der Waals surface area contributed by atoms with E-state index in [-0.39, 0.29) is 6.61 Å². The molecule has 0 radical (unpaired) electrons. The van der Waals surface area contributed by atoms with Crippen LogP contribution in [0.1, 0.15) is 11.5 Å². The third-order valence-electron chi connectivity index (χ3n) is 2.58. The minimum atomic E-state index is 0.243. The van der Waals surface area contributed by atoms with Crippen molar-refractivity contribution in [1.82, 2.24) is 20.1 Å².